The summed E-state index contributed by atoms with van der Waals surface area (Å²) in [6, 6.07) is 7.37. The van der Waals surface area contributed by atoms with Crippen LogP contribution >= 0.6 is 0 Å². The van der Waals surface area contributed by atoms with E-state index in [-0.39, 0.29) is 11.5 Å². The number of carboxylic acid groups (broad SMARTS) is 1. The highest BCUT2D eigenvalue weighted by Gasteiger charge is 2.33. The van der Waals surface area contributed by atoms with Crippen molar-refractivity contribution in [2.24, 2.45) is 5.92 Å². The van der Waals surface area contributed by atoms with Crippen LogP contribution in [0.2, 0.25) is 0 Å². The summed E-state index contributed by atoms with van der Waals surface area (Å²) < 4.78 is 0. The van der Waals surface area contributed by atoms with Gasteiger partial charge in [-0.25, -0.2) is 4.79 Å². The fourth-order valence-electron chi connectivity index (χ4n) is 2.56. The summed E-state index contributed by atoms with van der Waals surface area (Å²) in [6.07, 6.45) is 3.01. The van der Waals surface area contributed by atoms with Crippen LogP contribution < -0.4 is 4.90 Å². The quantitative estimate of drug-likeness (QED) is 0.839. The number of carbonyl (C=O) groups is 2. The van der Waals surface area contributed by atoms with Crippen LogP contribution in [0.25, 0.3) is 5.57 Å². The lowest BCUT2D eigenvalue weighted by atomic mass is 10.0. The molecule has 0 aromatic heterocycles. The number of fused-ring (bicyclic) bond motifs is 1. The zero-order chi connectivity index (χ0) is 14.7. The maximum atomic E-state index is 12.5. The molecule has 0 aliphatic carbocycles. The monoisotopic (exact) mass is 273 g/mol. The maximum absolute atomic E-state index is 12.5. The van der Waals surface area contributed by atoms with Crippen molar-refractivity contribution in [1.82, 2.24) is 0 Å². The SMILES string of the molecule is CCC(CC)CN1C(=O)/C(=C/C(=O)O)c2ccccc21. The first-order chi connectivity index (χ1) is 9.58. The Labute approximate surface area is 118 Å². The second kappa shape index (κ2) is 5.90. The van der Waals surface area contributed by atoms with Crippen molar-refractivity contribution >= 4 is 23.1 Å². The predicted molar refractivity (Wildman–Crippen MR) is 78.5 cm³/mol. The number of carboxylic acids is 1. The molecule has 0 atom stereocenters. The van der Waals surface area contributed by atoms with Crippen LogP contribution in [0.15, 0.2) is 30.3 Å². The van der Waals surface area contributed by atoms with Gasteiger partial charge in [-0.2, -0.15) is 0 Å². The number of carbonyl (C=O) groups excluding carboxylic acids is 1. The summed E-state index contributed by atoms with van der Waals surface area (Å²) >= 11 is 0. The molecule has 1 aliphatic rings. The molecule has 1 aromatic rings. The number of hydrogen-bond acceptors (Lipinski definition) is 2. The van der Waals surface area contributed by atoms with E-state index in [0.717, 1.165) is 24.6 Å². The van der Waals surface area contributed by atoms with Crippen LogP contribution in [0.3, 0.4) is 0 Å². The van der Waals surface area contributed by atoms with Crippen LogP contribution in [-0.2, 0) is 9.59 Å². The molecule has 0 radical (unpaired) electrons. The average Bonchev–Trinajstić information content (AvgIpc) is 2.69. The minimum atomic E-state index is -1.09. The molecule has 0 saturated carbocycles. The molecule has 0 spiro atoms. The Hall–Kier alpha value is -2.10. The molecule has 1 aliphatic heterocycles. The first kappa shape index (κ1) is 14.3. The van der Waals surface area contributed by atoms with Gasteiger partial charge in [-0.15, -0.1) is 0 Å². The van der Waals surface area contributed by atoms with E-state index in [1.165, 1.54) is 0 Å². The van der Waals surface area contributed by atoms with E-state index >= 15 is 0 Å². The third-order valence-corrected chi connectivity index (χ3v) is 3.82. The number of rotatable bonds is 5. The maximum Gasteiger partial charge on any atom is 0.329 e. The van der Waals surface area contributed by atoms with Gasteiger partial charge in [0.05, 0.1) is 11.3 Å². The van der Waals surface area contributed by atoms with E-state index in [1.54, 1.807) is 11.0 Å². The summed E-state index contributed by atoms with van der Waals surface area (Å²) in [5.74, 6) is -0.871. The third-order valence-electron chi connectivity index (χ3n) is 3.82. The molecule has 1 N–H and O–H groups in total. The topological polar surface area (TPSA) is 57.6 Å². The number of amides is 1. The van der Waals surface area contributed by atoms with Gasteiger partial charge in [-0.05, 0) is 12.0 Å². The minimum absolute atomic E-state index is 0.208. The third kappa shape index (κ3) is 2.59. The average molecular weight is 273 g/mol. The van der Waals surface area contributed by atoms with Crippen LogP contribution in [-0.4, -0.2) is 23.5 Å². The summed E-state index contributed by atoms with van der Waals surface area (Å²) in [5, 5.41) is 8.93. The molecule has 0 bridgehead atoms. The lowest BCUT2D eigenvalue weighted by Crippen LogP contribution is -2.31. The van der Waals surface area contributed by atoms with E-state index in [1.807, 2.05) is 18.2 Å². The Bertz CT molecular complexity index is 559. The minimum Gasteiger partial charge on any atom is -0.478 e. The molecule has 0 fully saturated rings. The number of anilines is 1. The van der Waals surface area contributed by atoms with Crippen molar-refractivity contribution in [1.29, 1.82) is 0 Å². The zero-order valence-electron chi connectivity index (χ0n) is 11.8. The fraction of sp³-hybridized carbons (Fsp3) is 0.375. The van der Waals surface area contributed by atoms with Crippen molar-refractivity contribution in [2.45, 2.75) is 26.7 Å². The van der Waals surface area contributed by atoms with Gasteiger partial charge in [-0.3, -0.25) is 4.79 Å². The fourth-order valence-corrected chi connectivity index (χ4v) is 2.56. The Balaban J connectivity index is 2.41. The molecule has 106 valence electrons. The molecule has 1 heterocycles. The van der Waals surface area contributed by atoms with Crippen LogP contribution in [0, 0.1) is 5.92 Å². The zero-order valence-corrected chi connectivity index (χ0v) is 11.8. The van der Waals surface area contributed by atoms with Crippen molar-refractivity contribution in [3.63, 3.8) is 0 Å². The van der Waals surface area contributed by atoms with Gasteiger partial charge >= 0.3 is 5.97 Å². The molecule has 1 aromatic carbocycles. The van der Waals surface area contributed by atoms with Crippen LogP contribution in [0.5, 0.6) is 0 Å². The number of hydrogen-bond donors (Lipinski definition) is 1. The van der Waals surface area contributed by atoms with E-state index in [4.69, 9.17) is 5.11 Å². The largest absolute Gasteiger partial charge is 0.478 e. The molecule has 4 heteroatoms. The molecule has 2 rings (SSSR count). The molecular weight excluding hydrogens is 254 g/mol. The van der Waals surface area contributed by atoms with Crippen LogP contribution in [0.1, 0.15) is 32.3 Å². The van der Waals surface area contributed by atoms with E-state index < -0.39 is 5.97 Å². The van der Waals surface area contributed by atoms with Gasteiger partial charge in [0.2, 0.25) is 0 Å². The number of aliphatic carboxylic acids is 1. The summed E-state index contributed by atoms with van der Waals surface area (Å²) in [4.78, 5) is 25.1. The Morgan fingerprint density at radius 2 is 1.95 bits per heavy atom. The predicted octanol–water partition coefficient (Wildman–Crippen LogP) is 2.94. The highest BCUT2D eigenvalue weighted by atomic mass is 16.4. The van der Waals surface area contributed by atoms with Gasteiger partial charge < -0.3 is 10.0 Å². The molecule has 4 nitrogen and oxygen atoms in total. The van der Waals surface area contributed by atoms with Crippen LogP contribution in [0.4, 0.5) is 5.69 Å². The normalized spacial score (nSPS) is 16.1. The van der Waals surface area contributed by atoms with Gasteiger partial charge in [-0.1, -0.05) is 44.9 Å². The molecule has 20 heavy (non-hydrogen) atoms. The Morgan fingerprint density at radius 3 is 2.55 bits per heavy atom. The van der Waals surface area contributed by atoms with E-state index in [9.17, 15) is 9.59 Å². The molecule has 0 saturated heterocycles. The van der Waals surface area contributed by atoms with Gasteiger partial charge in [0, 0.05) is 18.2 Å². The lowest BCUT2D eigenvalue weighted by molar-refractivity contribution is -0.131. The van der Waals surface area contributed by atoms with Crippen molar-refractivity contribution < 1.29 is 14.7 Å². The second-order valence-electron chi connectivity index (χ2n) is 5.01. The standard InChI is InChI=1S/C16H19NO3/c1-3-11(4-2)10-17-14-8-6-5-7-12(14)13(16(17)20)9-15(18)19/h5-9,11H,3-4,10H2,1-2H3,(H,18,19)/b13-9+. The first-order valence-corrected chi connectivity index (χ1v) is 6.94. The van der Waals surface area contributed by atoms with Crippen molar-refractivity contribution in [3.05, 3.63) is 35.9 Å². The smallest absolute Gasteiger partial charge is 0.329 e. The number of nitrogens with zero attached hydrogens (tertiary/aromatic N) is 1. The highest BCUT2D eigenvalue weighted by Crippen LogP contribution is 2.37. The summed E-state index contributed by atoms with van der Waals surface area (Å²) in [5.41, 5.74) is 1.81. The first-order valence-electron chi connectivity index (χ1n) is 6.94. The molecule has 0 unspecified atom stereocenters. The van der Waals surface area contributed by atoms with E-state index in [0.29, 0.717) is 18.0 Å². The van der Waals surface area contributed by atoms with Crippen molar-refractivity contribution in [3.8, 4) is 0 Å². The number of benzene rings is 1. The second-order valence-corrected chi connectivity index (χ2v) is 5.01. The molecular formula is C16H19NO3. The van der Waals surface area contributed by atoms with Gasteiger partial charge in [0.1, 0.15) is 0 Å². The Morgan fingerprint density at radius 1 is 1.30 bits per heavy atom. The molecule has 1 amide bonds. The van der Waals surface area contributed by atoms with E-state index in [2.05, 4.69) is 13.8 Å². The lowest BCUT2D eigenvalue weighted by Gasteiger charge is -2.22. The van der Waals surface area contributed by atoms with Gasteiger partial charge in [0.15, 0.2) is 0 Å². The summed E-state index contributed by atoms with van der Waals surface area (Å²) in [6.45, 7) is 4.85. The summed E-state index contributed by atoms with van der Waals surface area (Å²) in [7, 11) is 0. The Kier molecular flexibility index (Phi) is 4.23. The number of para-hydroxylation sites is 1. The highest BCUT2D eigenvalue weighted by molar-refractivity contribution is 6.34. The van der Waals surface area contributed by atoms with Gasteiger partial charge in [0.25, 0.3) is 5.91 Å². The van der Waals surface area contributed by atoms with Crippen molar-refractivity contribution in [2.75, 3.05) is 11.4 Å².